The molecule has 0 saturated carbocycles. The van der Waals surface area contributed by atoms with Gasteiger partial charge >= 0.3 is 30.2 Å². The van der Waals surface area contributed by atoms with Crippen LogP contribution in [0.15, 0.2) is 81.4 Å². The van der Waals surface area contributed by atoms with Crippen LogP contribution in [-0.2, 0) is 45.7 Å². The molecule has 0 radical (unpaired) electrons. The number of rotatable bonds is 3. The van der Waals surface area contributed by atoms with Crippen LogP contribution in [0, 0.1) is 0 Å². The van der Waals surface area contributed by atoms with Gasteiger partial charge in [-0.05, 0) is 24.3 Å². The predicted octanol–water partition coefficient (Wildman–Crippen LogP) is 8.91. The van der Waals surface area contributed by atoms with E-state index in [9.17, 15) is 65.9 Å². The Balaban J connectivity index is 0.000000708. The molecule has 0 N–H and O–H groups in total. The molecule has 0 aliphatic carbocycles. The van der Waals surface area contributed by atoms with E-state index in [0.717, 1.165) is 0 Å². The minimum atomic E-state index is -6.09. The van der Waals surface area contributed by atoms with Crippen molar-refractivity contribution in [2.24, 2.45) is 0 Å². The smallest absolute Gasteiger partial charge is 0.485 e. The Hall–Kier alpha value is -3.13. The van der Waals surface area contributed by atoms with Gasteiger partial charge in [0.05, 0.1) is 33.1 Å². The van der Waals surface area contributed by atoms with Crippen LogP contribution in [0.5, 0.6) is 0 Å². The lowest BCUT2D eigenvalue weighted by Crippen LogP contribution is -2.21. The third kappa shape index (κ3) is 9.68. The largest absolute Gasteiger partial charge is 0.741 e. The number of hydrogen-bond donors (Lipinski definition) is 0. The molecule has 0 heterocycles. The second kappa shape index (κ2) is 12.1. The third-order valence-corrected chi connectivity index (χ3v) is 7.58. The van der Waals surface area contributed by atoms with Crippen LogP contribution >= 0.6 is 0 Å². The maximum absolute atomic E-state index is 13.4. The van der Waals surface area contributed by atoms with Crippen molar-refractivity contribution in [3.05, 3.63) is 89.0 Å². The third-order valence-electron chi connectivity index (χ3n) is 4.86. The van der Waals surface area contributed by atoms with Crippen LogP contribution in [0.3, 0.4) is 0 Å². The molecule has 0 amide bonds. The van der Waals surface area contributed by atoms with Crippen LogP contribution in [0.2, 0.25) is 0 Å². The molecule has 0 aliphatic heterocycles. The summed E-state index contributed by atoms with van der Waals surface area (Å²) in [4.78, 5) is -1.61. The first kappa shape index (κ1) is 36.1. The fourth-order valence-corrected chi connectivity index (χ4v) is 5.28. The van der Waals surface area contributed by atoms with E-state index in [0.29, 0.717) is 24.3 Å². The van der Waals surface area contributed by atoms with Crippen molar-refractivity contribution >= 4 is 21.0 Å². The molecule has 0 bridgehead atoms. The van der Waals surface area contributed by atoms with Crippen molar-refractivity contribution < 1.29 is 78.8 Å². The minimum Gasteiger partial charge on any atom is -0.741 e. The van der Waals surface area contributed by atoms with E-state index >= 15 is 0 Å². The van der Waals surface area contributed by atoms with Gasteiger partial charge in [-0.15, -0.1) is 0 Å². The highest BCUT2D eigenvalue weighted by Crippen LogP contribution is 2.43. The molecule has 0 fully saturated rings. The predicted molar refractivity (Wildman–Crippen MR) is 117 cm³/mol. The molecular formula is C23H11F15O3S2. The van der Waals surface area contributed by atoms with E-state index < -0.39 is 83.3 Å². The summed E-state index contributed by atoms with van der Waals surface area (Å²) in [6, 6.07) is 7.18. The van der Waals surface area contributed by atoms with E-state index in [-0.39, 0.29) is 17.0 Å². The van der Waals surface area contributed by atoms with E-state index in [1.807, 2.05) is 0 Å². The Morgan fingerprint density at radius 3 is 0.930 bits per heavy atom. The number of halogens is 15. The van der Waals surface area contributed by atoms with Crippen molar-refractivity contribution in [1.82, 2.24) is 0 Å². The first-order valence-electron chi connectivity index (χ1n) is 10.5. The van der Waals surface area contributed by atoms with Crippen LogP contribution in [0.4, 0.5) is 65.9 Å². The van der Waals surface area contributed by atoms with Gasteiger partial charge in [-0.3, -0.25) is 0 Å². The summed E-state index contributed by atoms with van der Waals surface area (Å²) in [7, 11) is -8.29. The normalized spacial score (nSPS) is 13.5. The quantitative estimate of drug-likeness (QED) is 0.120. The summed E-state index contributed by atoms with van der Waals surface area (Å²) in [5.41, 5.74) is -12.7. The Morgan fingerprint density at radius 1 is 0.465 bits per heavy atom. The first-order valence-corrected chi connectivity index (χ1v) is 13.2. The van der Waals surface area contributed by atoms with Crippen LogP contribution in [0.1, 0.15) is 22.3 Å². The molecule has 3 aromatic rings. The second-order valence-electron chi connectivity index (χ2n) is 8.00. The summed E-state index contributed by atoms with van der Waals surface area (Å²) in [5.74, 6) is 0. The van der Waals surface area contributed by atoms with Crippen LogP contribution in [-0.4, -0.2) is 18.5 Å². The molecule has 0 unspecified atom stereocenters. The van der Waals surface area contributed by atoms with Gasteiger partial charge in [0.2, 0.25) is 0 Å². The zero-order chi connectivity index (χ0) is 33.4. The highest BCUT2D eigenvalue weighted by atomic mass is 32.2. The van der Waals surface area contributed by atoms with E-state index in [2.05, 4.69) is 0 Å². The molecule has 0 aromatic heterocycles. The molecule has 0 atom stereocenters. The molecule has 20 heteroatoms. The highest BCUT2D eigenvalue weighted by Gasteiger charge is 2.43. The second-order valence-corrected chi connectivity index (χ2v) is 11.4. The SMILES string of the molecule is FC(F)(F)c1cc([S+](c2ccccc2)c2cc(C(F)(F)F)cc(C(F)(F)F)c2)cc(C(F)(F)F)c1.O=S(=O)([O-])C(F)(F)F. The highest BCUT2D eigenvalue weighted by molar-refractivity contribution is 7.97. The summed E-state index contributed by atoms with van der Waals surface area (Å²) < 4.78 is 220. The topological polar surface area (TPSA) is 57.2 Å². The van der Waals surface area contributed by atoms with E-state index in [1.165, 1.54) is 30.3 Å². The fourth-order valence-electron chi connectivity index (χ4n) is 3.05. The van der Waals surface area contributed by atoms with Gasteiger partial charge in [0.25, 0.3) is 0 Å². The Morgan fingerprint density at radius 2 is 0.721 bits per heavy atom. The summed E-state index contributed by atoms with van der Waals surface area (Å²) in [6.07, 6.45) is -21.1. The molecule has 0 aliphatic rings. The average molecular weight is 684 g/mol. The van der Waals surface area contributed by atoms with Crippen molar-refractivity contribution in [1.29, 1.82) is 0 Å². The van der Waals surface area contributed by atoms with Crippen molar-refractivity contribution in [3.8, 4) is 0 Å². The lowest BCUT2D eigenvalue weighted by atomic mass is 10.1. The standard InChI is InChI=1S/C22H11F12S.CHF3O3S/c23-19(24,25)12-6-13(20(26,27)28)9-17(8-12)35(16-4-2-1-3-5-16)18-10-14(21(29,30)31)7-15(11-18)22(32,33)34;2-1(3,4)8(5,6)7/h1-11H;(H,5,6,7)/q+1;/p-1. The summed E-state index contributed by atoms with van der Waals surface area (Å²) in [5, 5.41) is 0. The summed E-state index contributed by atoms with van der Waals surface area (Å²) >= 11 is 0. The number of alkyl halides is 15. The van der Waals surface area contributed by atoms with Gasteiger partial charge in [-0.2, -0.15) is 65.9 Å². The van der Waals surface area contributed by atoms with Gasteiger partial charge in [0.15, 0.2) is 24.8 Å². The minimum absolute atomic E-state index is 0.0904. The van der Waals surface area contributed by atoms with Gasteiger partial charge in [-0.1, -0.05) is 18.2 Å². The Kier molecular flexibility index (Phi) is 10.1. The maximum Gasteiger partial charge on any atom is 0.485 e. The lowest BCUT2D eigenvalue weighted by Gasteiger charge is -2.17. The molecule has 3 aromatic carbocycles. The number of hydrogen-bond acceptors (Lipinski definition) is 3. The van der Waals surface area contributed by atoms with Crippen LogP contribution < -0.4 is 0 Å². The zero-order valence-electron chi connectivity index (χ0n) is 20.1. The van der Waals surface area contributed by atoms with Gasteiger partial charge in [-0.25, -0.2) is 8.42 Å². The van der Waals surface area contributed by atoms with Gasteiger partial charge in [0.1, 0.15) is 0 Å². The number of benzene rings is 3. The zero-order valence-corrected chi connectivity index (χ0v) is 21.7. The Bertz CT molecular complexity index is 1380. The molecule has 3 rings (SSSR count). The molecule has 3 nitrogen and oxygen atoms in total. The fraction of sp³-hybridized carbons (Fsp3) is 0.217. The van der Waals surface area contributed by atoms with Gasteiger partial charge in [0, 0.05) is 24.3 Å². The molecule has 0 saturated heterocycles. The average Bonchev–Trinajstić information content (AvgIpc) is 2.81. The maximum atomic E-state index is 13.4. The molecule has 0 spiro atoms. The summed E-state index contributed by atoms with van der Waals surface area (Å²) in [6.45, 7) is 0. The lowest BCUT2D eigenvalue weighted by molar-refractivity contribution is -0.144. The van der Waals surface area contributed by atoms with E-state index in [1.54, 1.807) is 0 Å². The first-order chi connectivity index (χ1) is 19.1. The van der Waals surface area contributed by atoms with Crippen molar-refractivity contribution in [3.63, 3.8) is 0 Å². The van der Waals surface area contributed by atoms with Crippen LogP contribution in [0.25, 0.3) is 0 Å². The molecule has 43 heavy (non-hydrogen) atoms. The Labute approximate surface area is 234 Å². The monoisotopic (exact) mass is 684 g/mol. The van der Waals surface area contributed by atoms with E-state index in [4.69, 9.17) is 13.0 Å². The molecule has 238 valence electrons. The van der Waals surface area contributed by atoms with Gasteiger partial charge < -0.3 is 4.55 Å². The van der Waals surface area contributed by atoms with Crippen molar-refractivity contribution in [2.75, 3.05) is 0 Å². The molecular weight excluding hydrogens is 673 g/mol. The van der Waals surface area contributed by atoms with Crippen molar-refractivity contribution in [2.45, 2.75) is 44.9 Å².